The van der Waals surface area contributed by atoms with Crippen LogP contribution in [0.3, 0.4) is 0 Å². The van der Waals surface area contributed by atoms with Gasteiger partial charge in [-0.1, -0.05) is 91.0 Å². The summed E-state index contributed by atoms with van der Waals surface area (Å²) in [7, 11) is 1.66. The fourth-order valence-electron chi connectivity index (χ4n) is 3.27. The Morgan fingerprint density at radius 2 is 1.30 bits per heavy atom. The van der Waals surface area contributed by atoms with Gasteiger partial charge in [-0.2, -0.15) is 0 Å². The molecule has 0 aliphatic carbocycles. The van der Waals surface area contributed by atoms with Gasteiger partial charge >= 0.3 is 5.97 Å². The number of esters is 1. The zero-order chi connectivity index (χ0) is 21.6. The van der Waals surface area contributed by atoms with Gasteiger partial charge in [0.2, 0.25) is 5.60 Å². The molecule has 0 spiro atoms. The predicted molar refractivity (Wildman–Crippen MR) is 114 cm³/mol. The van der Waals surface area contributed by atoms with Gasteiger partial charge in [0.15, 0.2) is 6.61 Å². The molecule has 0 heterocycles. The molecule has 3 rings (SSSR count). The van der Waals surface area contributed by atoms with E-state index in [4.69, 9.17) is 4.74 Å². The van der Waals surface area contributed by atoms with E-state index in [1.54, 1.807) is 67.7 Å². The first-order valence-electron chi connectivity index (χ1n) is 9.76. The molecule has 3 aromatic rings. The molecule has 30 heavy (non-hydrogen) atoms. The third-order valence-electron chi connectivity index (χ3n) is 5.26. The normalized spacial score (nSPS) is 12.1. The maximum Gasteiger partial charge on any atom is 0.348 e. The van der Waals surface area contributed by atoms with E-state index in [0.29, 0.717) is 11.1 Å². The zero-order valence-electron chi connectivity index (χ0n) is 17.1. The van der Waals surface area contributed by atoms with Gasteiger partial charge in [-0.05, 0) is 23.6 Å². The highest BCUT2D eigenvalue weighted by atomic mass is 16.6. The summed E-state index contributed by atoms with van der Waals surface area (Å²) in [6, 6.07) is 26.5. The Morgan fingerprint density at radius 1 is 0.867 bits per heavy atom. The molecule has 0 radical (unpaired) electrons. The van der Waals surface area contributed by atoms with Crippen molar-refractivity contribution in [2.45, 2.75) is 18.6 Å². The minimum atomic E-state index is -2.01. The molecule has 0 aliphatic rings. The Labute approximate surface area is 176 Å². The highest BCUT2D eigenvalue weighted by molar-refractivity contribution is 5.88. The molecular weight excluding hydrogens is 378 g/mol. The summed E-state index contributed by atoms with van der Waals surface area (Å²) < 4.78 is 5.30. The highest BCUT2D eigenvalue weighted by Crippen LogP contribution is 2.31. The van der Waals surface area contributed by atoms with Crippen LogP contribution in [0.5, 0.6) is 0 Å². The van der Waals surface area contributed by atoms with Crippen LogP contribution in [0, 0.1) is 0 Å². The van der Waals surface area contributed by atoms with Crippen molar-refractivity contribution < 1.29 is 19.4 Å². The van der Waals surface area contributed by atoms with Crippen LogP contribution < -0.4 is 0 Å². The van der Waals surface area contributed by atoms with Crippen LogP contribution >= 0.6 is 0 Å². The van der Waals surface area contributed by atoms with Gasteiger partial charge in [0.05, 0.1) is 6.04 Å². The summed E-state index contributed by atoms with van der Waals surface area (Å²) in [5.41, 5.74) is -0.282. The molecule has 5 nitrogen and oxygen atoms in total. The number of rotatable bonds is 7. The summed E-state index contributed by atoms with van der Waals surface area (Å²) in [6.45, 7) is 1.44. The number of nitrogens with zero attached hydrogens (tertiary/aromatic N) is 1. The number of carbonyl (C=O) groups excluding carboxylic acids is 2. The van der Waals surface area contributed by atoms with Gasteiger partial charge in [0.1, 0.15) is 0 Å². The molecule has 5 heteroatoms. The Kier molecular flexibility index (Phi) is 6.65. The van der Waals surface area contributed by atoms with Crippen LogP contribution in [0.15, 0.2) is 91.0 Å². The average molecular weight is 403 g/mol. The molecule has 0 bridgehead atoms. The van der Waals surface area contributed by atoms with Crippen LogP contribution in [0.4, 0.5) is 0 Å². The van der Waals surface area contributed by atoms with Gasteiger partial charge in [0.25, 0.3) is 5.91 Å². The first kappa shape index (κ1) is 21.3. The first-order chi connectivity index (χ1) is 14.4. The van der Waals surface area contributed by atoms with Crippen molar-refractivity contribution in [3.05, 3.63) is 108 Å². The standard InChI is InChI=1S/C25H25NO4/c1-19(20-12-6-3-7-13-20)26(2)23(27)18-30-24(28)25(29,21-14-8-4-9-15-21)22-16-10-5-11-17-22/h3-17,19,29H,18H2,1-2H3/t19-/m1/s1. The van der Waals surface area contributed by atoms with E-state index in [-0.39, 0.29) is 11.9 Å². The topological polar surface area (TPSA) is 66.8 Å². The second-order valence-corrected chi connectivity index (χ2v) is 7.11. The molecular formula is C25H25NO4. The summed E-state index contributed by atoms with van der Waals surface area (Å²) in [6.07, 6.45) is 0. The van der Waals surface area contributed by atoms with Gasteiger partial charge in [0, 0.05) is 7.05 Å². The number of hydrogen-bond acceptors (Lipinski definition) is 4. The van der Waals surface area contributed by atoms with Crippen LogP contribution in [-0.4, -0.2) is 35.5 Å². The summed E-state index contributed by atoms with van der Waals surface area (Å²) >= 11 is 0. The molecule has 1 amide bonds. The lowest BCUT2D eigenvalue weighted by Crippen LogP contribution is -2.41. The Morgan fingerprint density at radius 3 is 1.77 bits per heavy atom. The van der Waals surface area contributed by atoms with Gasteiger partial charge < -0.3 is 14.7 Å². The number of likely N-dealkylation sites (N-methyl/N-ethyl adjacent to an activating group) is 1. The van der Waals surface area contributed by atoms with E-state index < -0.39 is 18.2 Å². The largest absolute Gasteiger partial charge is 0.453 e. The molecule has 0 aliphatic heterocycles. The van der Waals surface area contributed by atoms with Crippen molar-refractivity contribution in [1.82, 2.24) is 4.90 Å². The van der Waals surface area contributed by atoms with Crippen molar-refractivity contribution in [3.63, 3.8) is 0 Å². The maximum atomic E-state index is 13.0. The number of benzene rings is 3. The Bertz CT molecular complexity index is 934. The van der Waals surface area contributed by atoms with E-state index in [0.717, 1.165) is 5.56 Å². The van der Waals surface area contributed by atoms with Gasteiger partial charge in [-0.3, -0.25) is 4.79 Å². The summed E-state index contributed by atoms with van der Waals surface area (Å²) in [5.74, 6) is -1.25. The van der Waals surface area contributed by atoms with Gasteiger partial charge in [-0.15, -0.1) is 0 Å². The molecule has 0 saturated carbocycles. The fraction of sp³-hybridized carbons (Fsp3) is 0.200. The minimum Gasteiger partial charge on any atom is -0.453 e. The molecule has 1 N–H and O–H groups in total. The average Bonchev–Trinajstić information content (AvgIpc) is 2.82. The van der Waals surface area contributed by atoms with Crippen LogP contribution in [0.2, 0.25) is 0 Å². The third kappa shape index (κ3) is 4.42. The molecule has 1 atom stereocenters. The quantitative estimate of drug-likeness (QED) is 0.611. The lowest BCUT2D eigenvalue weighted by atomic mass is 9.86. The summed E-state index contributed by atoms with van der Waals surface area (Å²) in [4.78, 5) is 27.1. The van der Waals surface area contributed by atoms with E-state index in [1.807, 2.05) is 37.3 Å². The third-order valence-corrected chi connectivity index (χ3v) is 5.26. The number of aliphatic hydroxyl groups is 1. The predicted octanol–water partition coefficient (Wildman–Crippen LogP) is 3.69. The molecule has 154 valence electrons. The van der Waals surface area contributed by atoms with Crippen LogP contribution in [0.25, 0.3) is 0 Å². The number of hydrogen-bond donors (Lipinski definition) is 1. The van der Waals surface area contributed by atoms with Crippen molar-refractivity contribution in [3.8, 4) is 0 Å². The van der Waals surface area contributed by atoms with E-state index in [9.17, 15) is 14.7 Å². The lowest BCUT2D eigenvalue weighted by molar-refractivity contribution is -0.166. The Balaban J connectivity index is 1.76. The van der Waals surface area contributed by atoms with E-state index >= 15 is 0 Å². The minimum absolute atomic E-state index is 0.181. The zero-order valence-corrected chi connectivity index (χ0v) is 17.1. The maximum absolute atomic E-state index is 13.0. The van der Waals surface area contributed by atoms with Gasteiger partial charge in [-0.25, -0.2) is 4.79 Å². The van der Waals surface area contributed by atoms with Crippen molar-refractivity contribution >= 4 is 11.9 Å². The molecule has 0 unspecified atom stereocenters. The molecule has 0 fully saturated rings. The molecule has 3 aromatic carbocycles. The fourth-order valence-corrected chi connectivity index (χ4v) is 3.27. The lowest BCUT2D eigenvalue weighted by Gasteiger charge is -2.28. The molecule has 0 saturated heterocycles. The molecule has 0 aromatic heterocycles. The van der Waals surface area contributed by atoms with E-state index in [1.165, 1.54) is 4.90 Å². The van der Waals surface area contributed by atoms with Crippen LogP contribution in [0.1, 0.15) is 29.7 Å². The monoisotopic (exact) mass is 403 g/mol. The smallest absolute Gasteiger partial charge is 0.348 e. The number of amides is 1. The SMILES string of the molecule is C[C@H](c1ccccc1)N(C)C(=O)COC(=O)C(O)(c1ccccc1)c1ccccc1. The first-order valence-corrected chi connectivity index (χ1v) is 9.76. The summed E-state index contributed by atoms with van der Waals surface area (Å²) in [5, 5.41) is 11.4. The van der Waals surface area contributed by atoms with E-state index in [2.05, 4.69) is 0 Å². The highest BCUT2D eigenvalue weighted by Gasteiger charge is 2.42. The Hall–Kier alpha value is -3.44. The van der Waals surface area contributed by atoms with Crippen molar-refractivity contribution in [2.24, 2.45) is 0 Å². The second-order valence-electron chi connectivity index (χ2n) is 7.11. The number of ether oxygens (including phenoxy) is 1. The number of carbonyl (C=O) groups is 2. The van der Waals surface area contributed by atoms with Crippen molar-refractivity contribution in [1.29, 1.82) is 0 Å². The van der Waals surface area contributed by atoms with Crippen molar-refractivity contribution in [2.75, 3.05) is 13.7 Å². The van der Waals surface area contributed by atoms with Crippen LogP contribution in [-0.2, 0) is 19.9 Å². The second kappa shape index (κ2) is 9.37.